The minimum absolute atomic E-state index is 0.0319. The number of aromatic nitrogens is 5. The topological polar surface area (TPSA) is 104 Å². The van der Waals surface area contributed by atoms with E-state index >= 15 is 0 Å². The quantitative estimate of drug-likeness (QED) is 0.866. The van der Waals surface area contributed by atoms with Crippen molar-refractivity contribution in [3.05, 3.63) is 17.7 Å². The lowest BCUT2D eigenvalue weighted by Crippen LogP contribution is -2.13. The van der Waals surface area contributed by atoms with Gasteiger partial charge < -0.3 is 20.4 Å². The number of ether oxygens (including phenoxy) is 1. The SMILES string of the molecule is CC(C)Oc1cc(NCc2nnc3n2CCCCC3)nc(N)n1. The lowest BCUT2D eigenvalue weighted by atomic mass is 10.2. The van der Waals surface area contributed by atoms with Crippen molar-refractivity contribution in [1.29, 1.82) is 0 Å². The summed E-state index contributed by atoms with van der Waals surface area (Å²) in [6.45, 7) is 5.41. The molecule has 0 fully saturated rings. The van der Waals surface area contributed by atoms with Crippen molar-refractivity contribution in [2.75, 3.05) is 11.1 Å². The molecule has 0 bridgehead atoms. The molecule has 0 unspecified atom stereocenters. The first kappa shape index (κ1) is 15.5. The predicted octanol–water partition coefficient (Wildman–Crippen LogP) is 1.78. The van der Waals surface area contributed by atoms with E-state index in [9.17, 15) is 0 Å². The van der Waals surface area contributed by atoms with E-state index in [0.717, 1.165) is 24.6 Å². The molecular weight excluding hydrogens is 294 g/mol. The summed E-state index contributed by atoms with van der Waals surface area (Å²) < 4.78 is 7.78. The number of nitrogens with one attached hydrogen (secondary N) is 1. The molecule has 8 nitrogen and oxygen atoms in total. The van der Waals surface area contributed by atoms with Crippen molar-refractivity contribution < 1.29 is 4.74 Å². The Morgan fingerprint density at radius 2 is 2.13 bits per heavy atom. The maximum Gasteiger partial charge on any atom is 0.225 e. The van der Waals surface area contributed by atoms with Crippen LogP contribution >= 0.6 is 0 Å². The van der Waals surface area contributed by atoms with E-state index in [1.165, 1.54) is 19.3 Å². The van der Waals surface area contributed by atoms with E-state index in [-0.39, 0.29) is 12.1 Å². The maximum atomic E-state index is 5.74. The van der Waals surface area contributed by atoms with Crippen LogP contribution in [0.5, 0.6) is 5.88 Å². The largest absolute Gasteiger partial charge is 0.475 e. The summed E-state index contributed by atoms with van der Waals surface area (Å²) >= 11 is 0. The smallest absolute Gasteiger partial charge is 0.225 e. The number of nitrogen functional groups attached to an aromatic ring is 1. The van der Waals surface area contributed by atoms with Crippen LogP contribution in [0, 0.1) is 0 Å². The molecule has 0 amide bonds. The molecule has 0 atom stereocenters. The van der Waals surface area contributed by atoms with Gasteiger partial charge in [0.1, 0.15) is 11.6 Å². The molecule has 2 aromatic rings. The van der Waals surface area contributed by atoms with Gasteiger partial charge in [-0.05, 0) is 26.7 Å². The van der Waals surface area contributed by atoms with Gasteiger partial charge in [0.25, 0.3) is 0 Å². The van der Waals surface area contributed by atoms with Crippen molar-refractivity contribution in [1.82, 2.24) is 24.7 Å². The Kier molecular flexibility index (Phi) is 4.59. The number of rotatable bonds is 5. The Labute approximate surface area is 135 Å². The van der Waals surface area contributed by atoms with E-state index in [2.05, 4.69) is 30.0 Å². The number of aryl methyl sites for hydroxylation is 1. The Bertz CT molecular complexity index is 668. The first-order chi connectivity index (χ1) is 11.1. The molecular formula is C15H23N7O. The molecule has 0 radical (unpaired) electrons. The Morgan fingerprint density at radius 1 is 1.26 bits per heavy atom. The molecule has 3 N–H and O–H groups in total. The highest BCUT2D eigenvalue weighted by Gasteiger charge is 2.14. The number of hydrogen-bond donors (Lipinski definition) is 2. The maximum absolute atomic E-state index is 5.74. The number of anilines is 2. The van der Waals surface area contributed by atoms with Crippen LogP contribution in [0.2, 0.25) is 0 Å². The minimum Gasteiger partial charge on any atom is -0.475 e. The second-order valence-electron chi connectivity index (χ2n) is 5.96. The zero-order chi connectivity index (χ0) is 16.2. The van der Waals surface area contributed by atoms with Crippen molar-refractivity contribution in [3.63, 3.8) is 0 Å². The predicted molar refractivity (Wildman–Crippen MR) is 87.1 cm³/mol. The van der Waals surface area contributed by atoms with Crippen LogP contribution in [-0.2, 0) is 19.5 Å². The van der Waals surface area contributed by atoms with Gasteiger partial charge in [-0.25, -0.2) is 0 Å². The van der Waals surface area contributed by atoms with E-state index in [1.807, 2.05) is 13.8 Å². The Morgan fingerprint density at radius 3 is 2.96 bits per heavy atom. The zero-order valence-corrected chi connectivity index (χ0v) is 13.6. The summed E-state index contributed by atoms with van der Waals surface area (Å²) in [7, 11) is 0. The number of nitrogens with two attached hydrogens (primary N) is 1. The number of fused-ring (bicyclic) bond motifs is 1. The third-order valence-corrected chi connectivity index (χ3v) is 3.69. The molecule has 0 saturated carbocycles. The zero-order valence-electron chi connectivity index (χ0n) is 13.6. The van der Waals surface area contributed by atoms with Crippen molar-refractivity contribution in [3.8, 4) is 5.88 Å². The molecule has 8 heteroatoms. The fraction of sp³-hybridized carbons (Fsp3) is 0.600. The monoisotopic (exact) mass is 317 g/mol. The molecule has 124 valence electrons. The average Bonchev–Trinajstić information content (AvgIpc) is 2.71. The summed E-state index contributed by atoms with van der Waals surface area (Å²) in [5.74, 6) is 3.27. The fourth-order valence-corrected chi connectivity index (χ4v) is 2.68. The van der Waals surface area contributed by atoms with Gasteiger partial charge in [0, 0.05) is 19.0 Å². The normalized spacial score (nSPS) is 14.4. The lowest BCUT2D eigenvalue weighted by molar-refractivity contribution is 0.233. The summed E-state index contributed by atoms with van der Waals surface area (Å²) in [6.07, 6.45) is 4.63. The molecule has 23 heavy (non-hydrogen) atoms. The molecule has 2 aromatic heterocycles. The molecule has 0 saturated heterocycles. The highest BCUT2D eigenvalue weighted by Crippen LogP contribution is 2.18. The van der Waals surface area contributed by atoms with Gasteiger partial charge in [0.2, 0.25) is 11.8 Å². The van der Waals surface area contributed by atoms with Crippen molar-refractivity contribution in [2.45, 2.75) is 58.7 Å². The third-order valence-electron chi connectivity index (χ3n) is 3.69. The van der Waals surface area contributed by atoms with Crippen LogP contribution in [0.15, 0.2) is 6.07 Å². The first-order valence-corrected chi connectivity index (χ1v) is 8.08. The summed E-state index contributed by atoms with van der Waals surface area (Å²) in [6, 6.07) is 1.75. The van der Waals surface area contributed by atoms with E-state index in [0.29, 0.717) is 18.2 Å². The van der Waals surface area contributed by atoms with Gasteiger partial charge in [0.15, 0.2) is 5.82 Å². The van der Waals surface area contributed by atoms with Crippen molar-refractivity contribution >= 4 is 11.8 Å². The van der Waals surface area contributed by atoms with Crippen LogP contribution in [-0.4, -0.2) is 30.8 Å². The molecule has 0 aliphatic carbocycles. The van der Waals surface area contributed by atoms with Gasteiger partial charge in [-0.2, -0.15) is 9.97 Å². The molecule has 0 aromatic carbocycles. The van der Waals surface area contributed by atoms with Crippen LogP contribution < -0.4 is 15.8 Å². The highest BCUT2D eigenvalue weighted by atomic mass is 16.5. The number of hydrogen-bond acceptors (Lipinski definition) is 7. The molecule has 1 aliphatic rings. The van der Waals surface area contributed by atoms with Crippen molar-refractivity contribution in [2.24, 2.45) is 0 Å². The Hall–Kier alpha value is -2.38. The molecule has 1 aliphatic heterocycles. The van der Waals surface area contributed by atoms with Crippen LogP contribution in [0.1, 0.15) is 44.8 Å². The van der Waals surface area contributed by atoms with Gasteiger partial charge >= 0.3 is 0 Å². The summed E-state index contributed by atoms with van der Waals surface area (Å²) in [5.41, 5.74) is 5.74. The van der Waals surface area contributed by atoms with Crippen LogP contribution in [0.4, 0.5) is 11.8 Å². The van der Waals surface area contributed by atoms with Gasteiger partial charge in [-0.3, -0.25) is 0 Å². The van der Waals surface area contributed by atoms with Crippen LogP contribution in [0.25, 0.3) is 0 Å². The summed E-state index contributed by atoms with van der Waals surface area (Å²) in [5, 5.41) is 11.8. The Balaban J connectivity index is 1.71. The fourth-order valence-electron chi connectivity index (χ4n) is 2.68. The number of nitrogens with zero attached hydrogens (tertiary/aromatic N) is 5. The molecule has 3 rings (SSSR count). The summed E-state index contributed by atoms with van der Waals surface area (Å²) in [4.78, 5) is 8.26. The average molecular weight is 317 g/mol. The second kappa shape index (κ2) is 6.80. The van der Waals surface area contributed by atoms with E-state index in [1.54, 1.807) is 6.07 Å². The van der Waals surface area contributed by atoms with Gasteiger partial charge in [0.05, 0.1) is 12.6 Å². The standard InChI is InChI=1S/C15H23N7O/c1-10(2)23-14-8-11(18-15(16)19-14)17-9-13-21-20-12-6-4-3-5-7-22(12)13/h8,10H,3-7,9H2,1-2H3,(H3,16,17,18,19). The van der Waals surface area contributed by atoms with E-state index in [4.69, 9.17) is 10.5 Å². The minimum atomic E-state index is 0.0319. The van der Waals surface area contributed by atoms with Crippen LogP contribution in [0.3, 0.4) is 0 Å². The van der Waals surface area contributed by atoms with E-state index < -0.39 is 0 Å². The van der Waals surface area contributed by atoms with Gasteiger partial charge in [-0.15, -0.1) is 10.2 Å². The third kappa shape index (κ3) is 3.88. The highest BCUT2D eigenvalue weighted by molar-refractivity contribution is 5.42. The molecule has 0 spiro atoms. The first-order valence-electron chi connectivity index (χ1n) is 8.08. The second-order valence-corrected chi connectivity index (χ2v) is 5.96. The molecule has 3 heterocycles. The lowest BCUT2D eigenvalue weighted by Gasteiger charge is -2.12. The van der Waals surface area contributed by atoms with Gasteiger partial charge in [-0.1, -0.05) is 6.42 Å².